The van der Waals surface area contributed by atoms with Crippen molar-refractivity contribution >= 4 is 29.2 Å². The summed E-state index contributed by atoms with van der Waals surface area (Å²) in [5, 5.41) is 0.144. The Labute approximate surface area is 167 Å². The zero-order chi connectivity index (χ0) is 19.8. The van der Waals surface area contributed by atoms with Crippen molar-refractivity contribution in [3.63, 3.8) is 0 Å². The van der Waals surface area contributed by atoms with Crippen LogP contribution in [-0.2, 0) is 4.79 Å². The molecule has 5 nitrogen and oxygen atoms in total. The van der Waals surface area contributed by atoms with Gasteiger partial charge in [-0.1, -0.05) is 23.7 Å². The fourth-order valence-corrected chi connectivity index (χ4v) is 4.38. The molecule has 2 aromatic rings. The Balaban J connectivity index is 1.44. The third-order valence-electron chi connectivity index (χ3n) is 5.39. The molecule has 28 heavy (non-hydrogen) atoms. The number of carbonyl (C=O) groups excluding carboxylic acids is 2. The molecule has 0 N–H and O–H groups in total. The summed E-state index contributed by atoms with van der Waals surface area (Å²) in [6.45, 7) is 4.12. The van der Waals surface area contributed by atoms with Crippen LogP contribution in [0.4, 0.5) is 10.1 Å². The first kappa shape index (κ1) is 18.7. The summed E-state index contributed by atoms with van der Waals surface area (Å²) in [4.78, 5) is 27.9. The molecule has 4 rings (SSSR count). The summed E-state index contributed by atoms with van der Waals surface area (Å²) in [5.74, 6) is -0.136. The first-order valence-corrected chi connectivity index (χ1v) is 9.57. The summed E-state index contributed by atoms with van der Waals surface area (Å²) < 4.78 is 19.2. The largest absolute Gasteiger partial charge is 0.427 e. The molecule has 146 valence electrons. The van der Waals surface area contributed by atoms with Crippen molar-refractivity contribution in [1.29, 1.82) is 0 Å². The Morgan fingerprint density at radius 1 is 1.07 bits per heavy atom. The number of carbonyl (C=O) groups is 2. The van der Waals surface area contributed by atoms with Gasteiger partial charge in [0.25, 0.3) is 5.91 Å². The van der Waals surface area contributed by atoms with E-state index in [1.165, 1.54) is 25.1 Å². The molecule has 2 saturated heterocycles. The third kappa shape index (κ3) is 3.56. The van der Waals surface area contributed by atoms with Crippen LogP contribution in [0.3, 0.4) is 0 Å². The number of rotatable bonds is 3. The molecule has 7 heteroatoms. The van der Waals surface area contributed by atoms with Gasteiger partial charge >= 0.3 is 5.97 Å². The van der Waals surface area contributed by atoms with Crippen LogP contribution in [-0.4, -0.2) is 43.0 Å². The highest BCUT2D eigenvalue weighted by Crippen LogP contribution is 2.36. The van der Waals surface area contributed by atoms with E-state index in [1.54, 1.807) is 11.0 Å². The summed E-state index contributed by atoms with van der Waals surface area (Å²) in [6, 6.07) is 11.7. The van der Waals surface area contributed by atoms with Gasteiger partial charge in [-0.05, 0) is 24.3 Å². The van der Waals surface area contributed by atoms with E-state index < -0.39 is 5.82 Å². The minimum Gasteiger partial charge on any atom is -0.427 e. The van der Waals surface area contributed by atoms with Crippen LogP contribution >= 0.6 is 11.6 Å². The van der Waals surface area contributed by atoms with E-state index in [-0.39, 0.29) is 22.5 Å². The molecular formula is C21H20ClFN2O3. The van der Waals surface area contributed by atoms with Gasteiger partial charge in [-0.25, -0.2) is 4.39 Å². The number of amides is 1. The molecule has 0 aliphatic carbocycles. The Morgan fingerprint density at radius 2 is 1.75 bits per heavy atom. The predicted molar refractivity (Wildman–Crippen MR) is 104 cm³/mol. The molecule has 0 aromatic heterocycles. The van der Waals surface area contributed by atoms with E-state index in [1.807, 2.05) is 18.2 Å². The molecule has 2 atom stereocenters. The first-order chi connectivity index (χ1) is 13.4. The Bertz CT molecular complexity index is 901. The molecule has 2 fully saturated rings. The SMILES string of the molecule is CC(=O)Oc1cccc(N2CC3CN(C(=O)c4c(F)cccc4Cl)CC3C2)c1. The van der Waals surface area contributed by atoms with Crippen molar-refractivity contribution in [2.45, 2.75) is 6.92 Å². The van der Waals surface area contributed by atoms with E-state index in [9.17, 15) is 14.0 Å². The molecule has 0 radical (unpaired) electrons. The van der Waals surface area contributed by atoms with Gasteiger partial charge in [-0.15, -0.1) is 0 Å². The van der Waals surface area contributed by atoms with Gasteiger partial charge in [-0.2, -0.15) is 0 Å². The Hall–Kier alpha value is -2.60. The van der Waals surface area contributed by atoms with Crippen molar-refractivity contribution in [3.05, 3.63) is 58.9 Å². The van der Waals surface area contributed by atoms with Crippen LogP contribution in [0.15, 0.2) is 42.5 Å². The normalized spacial score (nSPS) is 21.0. The van der Waals surface area contributed by atoms with Crippen LogP contribution in [0, 0.1) is 17.7 Å². The molecule has 2 heterocycles. The summed E-state index contributed by atoms with van der Waals surface area (Å²) in [7, 11) is 0. The van der Waals surface area contributed by atoms with E-state index in [0.717, 1.165) is 18.8 Å². The average Bonchev–Trinajstić information content (AvgIpc) is 3.20. The van der Waals surface area contributed by atoms with Gasteiger partial charge in [0.15, 0.2) is 0 Å². The van der Waals surface area contributed by atoms with Gasteiger partial charge < -0.3 is 14.5 Å². The zero-order valence-corrected chi connectivity index (χ0v) is 16.2. The fraction of sp³-hybridized carbons (Fsp3) is 0.333. The number of esters is 1. The van der Waals surface area contributed by atoms with Crippen molar-refractivity contribution < 1.29 is 18.7 Å². The van der Waals surface area contributed by atoms with E-state index in [2.05, 4.69) is 4.90 Å². The van der Waals surface area contributed by atoms with E-state index in [0.29, 0.717) is 30.7 Å². The zero-order valence-electron chi connectivity index (χ0n) is 15.4. The second kappa shape index (κ2) is 7.43. The number of nitrogens with zero attached hydrogens (tertiary/aromatic N) is 2. The highest BCUT2D eigenvalue weighted by molar-refractivity contribution is 6.33. The molecule has 1 amide bonds. The van der Waals surface area contributed by atoms with E-state index in [4.69, 9.17) is 16.3 Å². The molecular weight excluding hydrogens is 383 g/mol. The standard InChI is InChI=1S/C21H20ClFN2O3/c1-13(26)28-17-5-2-4-16(8-17)24-9-14-11-25(12-15(14)10-24)21(27)20-18(22)6-3-7-19(20)23/h2-8,14-15H,9-12H2,1H3. The quantitative estimate of drug-likeness (QED) is 0.581. The lowest BCUT2D eigenvalue weighted by molar-refractivity contribution is -0.131. The maximum atomic E-state index is 14.1. The minimum atomic E-state index is -0.585. The lowest BCUT2D eigenvalue weighted by atomic mass is 10.0. The van der Waals surface area contributed by atoms with Crippen molar-refractivity contribution in [1.82, 2.24) is 4.90 Å². The number of likely N-dealkylation sites (tertiary alicyclic amines) is 1. The molecule has 0 bridgehead atoms. The Kier molecular flexibility index (Phi) is 4.98. The van der Waals surface area contributed by atoms with Crippen LogP contribution in [0.2, 0.25) is 5.02 Å². The lowest BCUT2D eigenvalue weighted by Gasteiger charge is -2.24. The van der Waals surface area contributed by atoms with Gasteiger partial charge in [0.2, 0.25) is 0 Å². The first-order valence-electron chi connectivity index (χ1n) is 9.19. The van der Waals surface area contributed by atoms with E-state index >= 15 is 0 Å². The van der Waals surface area contributed by atoms with Crippen molar-refractivity contribution in [2.75, 3.05) is 31.1 Å². The second-order valence-electron chi connectivity index (χ2n) is 7.32. The number of benzene rings is 2. The molecule has 2 aromatic carbocycles. The summed E-state index contributed by atoms with van der Waals surface area (Å²) in [6.07, 6.45) is 0. The number of hydrogen-bond acceptors (Lipinski definition) is 4. The third-order valence-corrected chi connectivity index (χ3v) is 5.71. The molecule has 2 aliphatic rings. The topological polar surface area (TPSA) is 49.9 Å². The Morgan fingerprint density at radius 3 is 2.39 bits per heavy atom. The number of fused-ring (bicyclic) bond motifs is 1. The van der Waals surface area contributed by atoms with Gasteiger partial charge in [0, 0.05) is 56.7 Å². The number of ether oxygens (including phenoxy) is 1. The number of anilines is 1. The maximum absolute atomic E-state index is 14.1. The average molecular weight is 403 g/mol. The number of hydrogen-bond donors (Lipinski definition) is 0. The number of halogens is 2. The van der Waals surface area contributed by atoms with Crippen molar-refractivity contribution in [2.24, 2.45) is 11.8 Å². The molecule has 2 unspecified atom stereocenters. The highest BCUT2D eigenvalue weighted by atomic mass is 35.5. The molecule has 0 saturated carbocycles. The lowest BCUT2D eigenvalue weighted by Crippen LogP contribution is -2.33. The smallest absolute Gasteiger partial charge is 0.308 e. The second-order valence-corrected chi connectivity index (χ2v) is 7.73. The van der Waals surface area contributed by atoms with Crippen LogP contribution in [0.25, 0.3) is 0 Å². The van der Waals surface area contributed by atoms with Crippen LogP contribution in [0.5, 0.6) is 5.75 Å². The summed E-state index contributed by atoms with van der Waals surface area (Å²) in [5.41, 5.74) is 0.943. The molecule has 0 spiro atoms. The maximum Gasteiger partial charge on any atom is 0.308 e. The van der Waals surface area contributed by atoms with Gasteiger partial charge in [0.05, 0.1) is 10.6 Å². The predicted octanol–water partition coefficient (Wildman–Crippen LogP) is 3.61. The van der Waals surface area contributed by atoms with Gasteiger partial charge in [0.1, 0.15) is 11.6 Å². The van der Waals surface area contributed by atoms with Crippen LogP contribution < -0.4 is 9.64 Å². The minimum absolute atomic E-state index is 0.0462. The fourth-order valence-electron chi connectivity index (χ4n) is 4.14. The summed E-state index contributed by atoms with van der Waals surface area (Å²) >= 11 is 6.05. The van der Waals surface area contributed by atoms with Crippen LogP contribution in [0.1, 0.15) is 17.3 Å². The highest BCUT2D eigenvalue weighted by Gasteiger charge is 2.42. The van der Waals surface area contributed by atoms with Gasteiger partial charge in [-0.3, -0.25) is 9.59 Å². The van der Waals surface area contributed by atoms with Crippen molar-refractivity contribution in [3.8, 4) is 5.75 Å². The molecule has 2 aliphatic heterocycles. The monoisotopic (exact) mass is 402 g/mol.